The number of aromatic nitrogens is 1. The highest BCUT2D eigenvalue weighted by molar-refractivity contribution is 5.96. The number of fused-ring (bicyclic) bond motifs is 1. The van der Waals surface area contributed by atoms with Gasteiger partial charge in [0.25, 0.3) is 5.91 Å². The minimum atomic E-state index is 0.0290. The van der Waals surface area contributed by atoms with Crippen LogP contribution in [0.3, 0.4) is 0 Å². The van der Waals surface area contributed by atoms with E-state index in [9.17, 15) is 4.79 Å². The third-order valence-electron chi connectivity index (χ3n) is 2.61. The number of amides is 1. The first-order chi connectivity index (χ1) is 7.59. The molecule has 0 atom stereocenters. The first-order valence-corrected chi connectivity index (χ1v) is 5.19. The third-order valence-corrected chi connectivity index (χ3v) is 2.61. The second-order valence-corrected chi connectivity index (χ2v) is 4.10. The lowest BCUT2D eigenvalue weighted by Gasteiger charge is -2.09. The van der Waals surface area contributed by atoms with Crippen molar-refractivity contribution in [3.63, 3.8) is 0 Å². The van der Waals surface area contributed by atoms with Crippen LogP contribution in [-0.4, -0.2) is 24.9 Å². The van der Waals surface area contributed by atoms with Gasteiger partial charge in [-0.25, -0.2) is 4.57 Å². The Morgan fingerprint density at radius 2 is 1.94 bits per heavy atom. The van der Waals surface area contributed by atoms with E-state index in [4.69, 9.17) is 0 Å². The Hall–Kier alpha value is -1.90. The largest absolute Gasteiger partial charge is 0.345 e. The molecule has 1 aromatic heterocycles. The van der Waals surface area contributed by atoms with Crippen LogP contribution in [0, 0.1) is 0 Å². The van der Waals surface area contributed by atoms with Gasteiger partial charge in [-0.3, -0.25) is 4.79 Å². The number of benzene rings is 1. The van der Waals surface area contributed by atoms with Crippen molar-refractivity contribution in [3.8, 4) is 0 Å². The number of nitrogens with zero attached hydrogens (tertiary/aromatic N) is 2. The van der Waals surface area contributed by atoms with Gasteiger partial charge in [-0.15, -0.1) is 0 Å². The summed E-state index contributed by atoms with van der Waals surface area (Å²) in [7, 11) is 5.48. The summed E-state index contributed by atoms with van der Waals surface area (Å²) in [5.74, 6) is 0.0290. The van der Waals surface area contributed by atoms with Crippen LogP contribution < -0.4 is 4.57 Å². The van der Waals surface area contributed by atoms with E-state index in [1.54, 1.807) is 19.0 Å². The van der Waals surface area contributed by atoms with E-state index >= 15 is 0 Å². The van der Waals surface area contributed by atoms with Crippen LogP contribution in [0.25, 0.3) is 10.9 Å². The molecule has 82 valence electrons. The molecule has 1 heterocycles. The van der Waals surface area contributed by atoms with Gasteiger partial charge in [-0.05, 0) is 12.1 Å². The highest BCUT2D eigenvalue weighted by Crippen LogP contribution is 2.11. The van der Waals surface area contributed by atoms with E-state index in [0.717, 1.165) is 10.9 Å². The Balaban J connectivity index is 2.62. The van der Waals surface area contributed by atoms with Gasteiger partial charge in [-0.1, -0.05) is 12.1 Å². The van der Waals surface area contributed by atoms with Gasteiger partial charge in [0.1, 0.15) is 12.6 Å². The molecule has 3 nitrogen and oxygen atoms in total. The molecule has 0 aliphatic rings. The summed E-state index contributed by atoms with van der Waals surface area (Å²) in [6.45, 7) is 0. The molecular weight excluding hydrogens is 200 g/mol. The summed E-state index contributed by atoms with van der Waals surface area (Å²) in [6, 6.07) is 9.96. The van der Waals surface area contributed by atoms with Crippen molar-refractivity contribution in [2.75, 3.05) is 14.1 Å². The van der Waals surface area contributed by atoms with Crippen molar-refractivity contribution in [2.45, 2.75) is 0 Å². The first-order valence-electron chi connectivity index (χ1n) is 5.19. The highest BCUT2D eigenvalue weighted by Gasteiger charge is 2.14. The van der Waals surface area contributed by atoms with Crippen molar-refractivity contribution in [3.05, 3.63) is 42.1 Å². The molecule has 0 aliphatic carbocycles. The smallest absolute Gasteiger partial charge is 0.259 e. The lowest BCUT2D eigenvalue weighted by atomic mass is 10.1. The second-order valence-electron chi connectivity index (χ2n) is 4.10. The number of carbonyl (C=O) groups is 1. The monoisotopic (exact) mass is 215 g/mol. The quantitative estimate of drug-likeness (QED) is 0.659. The average Bonchev–Trinajstić information content (AvgIpc) is 2.28. The lowest BCUT2D eigenvalue weighted by molar-refractivity contribution is -0.645. The van der Waals surface area contributed by atoms with Crippen LogP contribution in [-0.2, 0) is 7.05 Å². The molecule has 3 heteroatoms. The van der Waals surface area contributed by atoms with Gasteiger partial charge in [0.15, 0.2) is 6.20 Å². The van der Waals surface area contributed by atoms with Crippen LogP contribution in [0.5, 0.6) is 0 Å². The summed E-state index contributed by atoms with van der Waals surface area (Å²) in [5, 5.41) is 1.08. The molecule has 0 spiro atoms. The summed E-state index contributed by atoms with van der Waals surface area (Å²) < 4.78 is 1.98. The standard InChI is InChI=1S/C13H15N2O/c1-14(2)13(16)11-8-10-6-4-5-7-12(10)15(3)9-11/h4-9H,1-3H3/q+1. The van der Waals surface area contributed by atoms with E-state index in [-0.39, 0.29) is 5.91 Å². The number of pyridine rings is 1. The summed E-state index contributed by atoms with van der Waals surface area (Å²) >= 11 is 0. The average molecular weight is 215 g/mol. The summed E-state index contributed by atoms with van der Waals surface area (Å²) in [5.41, 5.74) is 1.84. The zero-order valence-electron chi connectivity index (χ0n) is 9.77. The summed E-state index contributed by atoms with van der Waals surface area (Å²) in [6.07, 6.45) is 1.87. The van der Waals surface area contributed by atoms with Crippen LogP contribution in [0.4, 0.5) is 0 Å². The highest BCUT2D eigenvalue weighted by atomic mass is 16.2. The first kappa shape index (κ1) is 10.6. The number of hydrogen-bond acceptors (Lipinski definition) is 1. The SMILES string of the molecule is CN(C)C(=O)c1cc2ccccc2[n+](C)c1. The number of para-hydroxylation sites is 1. The van der Waals surface area contributed by atoms with Gasteiger partial charge in [-0.2, -0.15) is 0 Å². The Morgan fingerprint density at radius 1 is 1.25 bits per heavy atom. The predicted octanol–water partition coefficient (Wildman–Crippen LogP) is 1.37. The molecule has 0 radical (unpaired) electrons. The van der Waals surface area contributed by atoms with E-state index < -0.39 is 0 Å². The Kier molecular flexibility index (Phi) is 2.60. The van der Waals surface area contributed by atoms with Crippen molar-refractivity contribution in [2.24, 2.45) is 7.05 Å². The molecule has 0 saturated heterocycles. The number of carbonyl (C=O) groups excluding carboxylic acids is 1. The van der Waals surface area contributed by atoms with Crippen LogP contribution in [0.1, 0.15) is 10.4 Å². The number of aryl methyl sites for hydroxylation is 1. The van der Waals surface area contributed by atoms with E-state index in [1.165, 1.54) is 0 Å². The number of hydrogen-bond donors (Lipinski definition) is 0. The fourth-order valence-corrected chi connectivity index (χ4v) is 1.79. The normalized spacial score (nSPS) is 10.4. The Bertz CT molecular complexity index is 547. The molecule has 0 bridgehead atoms. The predicted molar refractivity (Wildman–Crippen MR) is 63.1 cm³/mol. The summed E-state index contributed by atoms with van der Waals surface area (Å²) in [4.78, 5) is 13.4. The Labute approximate surface area is 94.9 Å². The van der Waals surface area contributed by atoms with E-state index in [1.807, 2.05) is 48.1 Å². The zero-order valence-corrected chi connectivity index (χ0v) is 9.77. The number of rotatable bonds is 1. The Morgan fingerprint density at radius 3 is 2.62 bits per heavy atom. The van der Waals surface area contributed by atoms with Crippen LogP contribution in [0.2, 0.25) is 0 Å². The molecule has 16 heavy (non-hydrogen) atoms. The molecular formula is C13H15N2O+. The molecule has 0 fully saturated rings. The van der Waals surface area contributed by atoms with Gasteiger partial charge >= 0.3 is 0 Å². The zero-order chi connectivity index (χ0) is 11.7. The maximum Gasteiger partial charge on any atom is 0.259 e. The molecule has 0 aliphatic heterocycles. The van der Waals surface area contributed by atoms with Gasteiger partial charge in [0.2, 0.25) is 5.52 Å². The molecule has 0 unspecified atom stereocenters. The van der Waals surface area contributed by atoms with Crippen LogP contribution in [0.15, 0.2) is 36.5 Å². The molecule has 1 aromatic carbocycles. The van der Waals surface area contributed by atoms with Gasteiger partial charge < -0.3 is 4.90 Å². The van der Waals surface area contributed by atoms with Crippen LogP contribution >= 0.6 is 0 Å². The molecule has 2 aromatic rings. The van der Waals surface area contributed by atoms with Crippen molar-refractivity contribution in [1.82, 2.24) is 4.90 Å². The maximum atomic E-state index is 11.9. The third kappa shape index (κ3) is 1.76. The molecule has 2 rings (SSSR count). The topological polar surface area (TPSA) is 24.2 Å². The second kappa shape index (κ2) is 3.93. The molecule has 1 amide bonds. The lowest BCUT2D eigenvalue weighted by Crippen LogP contribution is -2.32. The van der Waals surface area contributed by atoms with Gasteiger partial charge in [0, 0.05) is 25.5 Å². The van der Waals surface area contributed by atoms with Gasteiger partial charge in [0.05, 0.1) is 0 Å². The van der Waals surface area contributed by atoms with Crippen molar-refractivity contribution < 1.29 is 9.36 Å². The van der Waals surface area contributed by atoms with E-state index in [2.05, 4.69) is 0 Å². The minimum Gasteiger partial charge on any atom is -0.345 e. The fraction of sp³-hybridized carbons (Fsp3) is 0.231. The molecule has 0 N–H and O–H groups in total. The van der Waals surface area contributed by atoms with E-state index in [0.29, 0.717) is 5.56 Å². The van der Waals surface area contributed by atoms with Crippen molar-refractivity contribution in [1.29, 1.82) is 0 Å². The molecule has 0 saturated carbocycles. The minimum absolute atomic E-state index is 0.0290. The van der Waals surface area contributed by atoms with Crippen molar-refractivity contribution >= 4 is 16.8 Å². The fourth-order valence-electron chi connectivity index (χ4n) is 1.79. The maximum absolute atomic E-state index is 11.9.